The molecule has 2 aromatic heterocycles. The highest BCUT2D eigenvalue weighted by Crippen LogP contribution is 2.42. The Balaban J connectivity index is 0.00000231. The molecule has 0 aromatic carbocycles. The lowest BCUT2D eigenvalue weighted by molar-refractivity contribution is -0.125. The Morgan fingerprint density at radius 2 is 2.13 bits per heavy atom. The molecule has 2 unspecified atom stereocenters. The van der Waals surface area contributed by atoms with Crippen molar-refractivity contribution in [3.63, 3.8) is 0 Å². The number of rotatable bonds is 3. The molecule has 4 heterocycles. The summed E-state index contributed by atoms with van der Waals surface area (Å²) in [5.74, 6) is 1.43. The third kappa shape index (κ3) is 4.26. The lowest BCUT2D eigenvalue weighted by Gasteiger charge is -2.16. The summed E-state index contributed by atoms with van der Waals surface area (Å²) in [5, 5.41) is 3.31. The molecule has 0 bridgehead atoms. The predicted octanol–water partition coefficient (Wildman–Crippen LogP) is 4.23. The first-order valence-corrected chi connectivity index (χ1v) is 10.5. The number of nitrogens with one attached hydrogen (secondary N) is 1. The largest absolute Gasteiger partial charge is 0.338 e. The van der Waals surface area contributed by atoms with E-state index in [4.69, 9.17) is 11.6 Å². The first-order chi connectivity index (χ1) is 14.6. The molecule has 0 spiro atoms. The molecule has 0 radical (unpaired) electrons. The zero-order chi connectivity index (χ0) is 20.7. The van der Waals surface area contributed by atoms with Gasteiger partial charge in [-0.15, -0.1) is 0 Å². The van der Waals surface area contributed by atoms with E-state index in [2.05, 4.69) is 21.4 Å². The van der Waals surface area contributed by atoms with Crippen LogP contribution in [0.1, 0.15) is 37.0 Å². The van der Waals surface area contributed by atoms with Crippen LogP contribution in [-0.2, 0) is 16.0 Å². The van der Waals surface area contributed by atoms with Crippen LogP contribution in [0.3, 0.4) is 0 Å². The summed E-state index contributed by atoms with van der Waals surface area (Å²) in [6.45, 7) is 1.48. The predicted molar refractivity (Wildman–Crippen MR) is 122 cm³/mol. The van der Waals surface area contributed by atoms with Crippen molar-refractivity contribution in [1.29, 1.82) is 0 Å². The fraction of sp³-hybridized carbons (Fsp3) is 0.333. The first kappa shape index (κ1) is 21.2. The standard InChI is InChI=1S/C23H21ClN4O2.CH4/c24-22-19(2-1-7-25-22)16-9-17-12-28(13-18(17)10-16)21(30)6-3-14-8-15-4-5-20(29)27-23(15)26-11-14;/h1-3,6-9,11,17-18H,4-5,10,12-13H2,(H,26,27,29);1H4/b6-3+;. The molecule has 2 aromatic rings. The number of aromatic nitrogens is 2. The highest BCUT2D eigenvalue weighted by molar-refractivity contribution is 6.31. The van der Waals surface area contributed by atoms with Crippen molar-refractivity contribution in [2.75, 3.05) is 18.4 Å². The molecule has 5 rings (SSSR count). The van der Waals surface area contributed by atoms with Gasteiger partial charge in [0.05, 0.1) is 0 Å². The summed E-state index contributed by atoms with van der Waals surface area (Å²) in [7, 11) is 0. The molecule has 160 valence electrons. The second-order valence-electron chi connectivity index (χ2n) is 8.06. The highest BCUT2D eigenvalue weighted by Gasteiger charge is 2.38. The van der Waals surface area contributed by atoms with Gasteiger partial charge >= 0.3 is 0 Å². The fourth-order valence-corrected chi connectivity index (χ4v) is 4.79. The molecule has 2 atom stereocenters. The van der Waals surface area contributed by atoms with Gasteiger partial charge in [0.15, 0.2) is 0 Å². The van der Waals surface area contributed by atoms with Gasteiger partial charge in [0.2, 0.25) is 11.8 Å². The van der Waals surface area contributed by atoms with E-state index in [1.54, 1.807) is 24.5 Å². The van der Waals surface area contributed by atoms with E-state index in [0.29, 0.717) is 35.6 Å². The summed E-state index contributed by atoms with van der Waals surface area (Å²) in [6.07, 6.45) is 11.1. The molecule has 3 aliphatic rings. The number of fused-ring (bicyclic) bond motifs is 2. The second kappa shape index (κ2) is 8.63. The topological polar surface area (TPSA) is 75.2 Å². The fourth-order valence-electron chi connectivity index (χ4n) is 4.55. The van der Waals surface area contributed by atoms with Crippen LogP contribution in [0.25, 0.3) is 11.6 Å². The summed E-state index contributed by atoms with van der Waals surface area (Å²) in [6, 6.07) is 5.89. The monoisotopic (exact) mass is 436 g/mol. The van der Waals surface area contributed by atoms with Crippen molar-refractivity contribution in [1.82, 2.24) is 14.9 Å². The maximum absolute atomic E-state index is 12.7. The minimum atomic E-state index is -0.00365. The highest BCUT2D eigenvalue weighted by atomic mass is 35.5. The number of allylic oxidation sites excluding steroid dienone is 1. The first-order valence-electron chi connectivity index (χ1n) is 10.1. The average molecular weight is 437 g/mol. The molecule has 1 saturated heterocycles. The lowest BCUT2D eigenvalue weighted by Crippen LogP contribution is -2.27. The van der Waals surface area contributed by atoms with Crippen LogP contribution >= 0.6 is 11.6 Å². The van der Waals surface area contributed by atoms with Gasteiger partial charge < -0.3 is 10.2 Å². The Morgan fingerprint density at radius 1 is 1.26 bits per heavy atom. The minimum Gasteiger partial charge on any atom is -0.338 e. The summed E-state index contributed by atoms with van der Waals surface area (Å²) in [4.78, 5) is 34.5. The molecule has 6 nitrogen and oxygen atoms in total. The molecule has 1 N–H and O–H groups in total. The van der Waals surface area contributed by atoms with Crippen molar-refractivity contribution in [3.05, 3.63) is 64.6 Å². The molecule has 2 aliphatic heterocycles. The van der Waals surface area contributed by atoms with Crippen molar-refractivity contribution >= 4 is 40.9 Å². The minimum absolute atomic E-state index is 0. The molecule has 7 heteroatoms. The van der Waals surface area contributed by atoms with Crippen LogP contribution in [0.4, 0.5) is 5.82 Å². The van der Waals surface area contributed by atoms with Gasteiger partial charge in [-0.05, 0) is 59.6 Å². The summed E-state index contributed by atoms with van der Waals surface area (Å²) >= 11 is 6.24. The van der Waals surface area contributed by atoms with Gasteiger partial charge in [-0.1, -0.05) is 31.2 Å². The lowest BCUT2D eigenvalue weighted by atomic mass is 9.99. The maximum atomic E-state index is 12.7. The zero-order valence-electron chi connectivity index (χ0n) is 16.3. The van der Waals surface area contributed by atoms with E-state index >= 15 is 0 Å². The Bertz CT molecular complexity index is 1090. The smallest absolute Gasteiger partial charge is 0.246 e. The number of carbonyl (C=O) groups is 2. The Hall–Kier alpha value is -2.99. The molecule has 1 fully saturated rings. The third-order valence-electron chi connectivity index (χ3n) is 6.09. The summed E-state index contributed by atoms with van der Waals surface area (Å²) in [5.41, 5.74) is 4.11. The van der Waals surface area contributed by atoms with Gasteiger partial charge in [-0.25, -0.2) is 9.97 Å². The SMILES string of the molecule is C.O=C1CCc2cc(/C=C/C(=O)N3CC4C=C(c5cccnc5Cl)CC4C3)cnc2N1. The van der Waals surface area contributed by atoms with Gasteiger partial charge in [0.1, 0.15) is 11.0 Å². The van der Waals surface area contributed by atoms with Gasteiger partial charge in [-0.3, -0.25) is 9.59 Å². The number of hydrogen-bond donors (Lipinski definition) is 1. The molecular weight excluding hydrogens is 412 g/mol. The van der Waals surface area contributed by atoms with Gasteiger partial charge in [0.25, 0.3) is 0 Å². The molecule has 0 saturated carbocycles. The van der Waals surface area contributed by atoms with E-state index in [0.717, 1.165) is 36.2 Å². The van der Waals surface area contributed by atoms with E-state index in [1.807, 2.05) is 23.1 Å². The van der Waals surface area contributed by atoms with E-state index < -0.39 is 0 Å². The number of halogens is 1. The third-order valence-corrected chi connectivity index (χ3v) is 6.39. The number of hydrogen-bond acceptors (Lipinski definition) is 4. The number of anilines is 1. The maximum Gasteiger partial charge on any atom is 0.246 e. The quantitative estimate of drug-likeness (QED) is 0.577. The zero-order valence-corrected chi connectivity index (χ0v) is 17.1. The van der Waals surface area contributed by atoms with Crippen LogP contribution in [0.15, 0.2) is 42.7 Å². The number of aryl methyl sites for hydroxylation is 1. The Labute approximate surface area is 187 Å². The van der Waals surface area contributed by atoms with Crippen LogP contribution < -0.4 is 5.32 Å². The van der Waals surface area contributed by atoms with E-state index in [9.17, 15) is 9.59 Å². The second-order valence-corrected chi connectivity index (χ2v) is 8.42. The molecule has 2 amide bonds. The number of carbonyl (C=O) groups excluding carboxylic acids is 2. The van der Waals surface area contributed by atoms with Crippen molar-refractivity contribution in [2.24, 2.45) is 11.8 Å². The Kier molecular flexibility index (Phi) is 5.92. The number of likely N-dealkylation sites (tertiary alicyclic amines) is 1. The van der Waals surface area contributed by atoms with Crippen molar-refractivity contribution in [2.45, 2.75) is 26.7 Å². The molecule has 31 heavy (non-hydrogen) atoms. The van der Waals surface area contributed by atoms with Crippen molar-refractivity contribution < 1.29 is 9.59 Å². The number of pyridine rings is 2. The van der Waals surface area contributed by atoms with Crippen LogP contribution in [-0.4, -0.2) is 39.8 Å². The van der Waals surface area contributed by atoms with Crippen LogP contribution in [0.2, 0.25) is 5.15 Å². The van der Waals surface area contributed by atoms with Gasteiger partial charge in [-0.2, -0.15) is 0 Å². The molecular formula is C24H25ClN4O2. The van der Waals surface area contributed by atoms with E-state index in [-0.39, 0.29) is 19.2 Å². The van der Waals surface area contributed by atoms with Crippen LogP contribution in [0.5, 0.6) is 0 Å². The molecule has 1 aliphatic carbocycles. The normalized spacial score (nSPS) is 21.9. The number of amides is 2. The van der Waals surface area contributed by atoms with Crippen LogP contribution in [0, 0.1) is 11.8 Å². The van der Waals surface area contributed by atoms with Crippen molar-refractivity contribution in [3.8, 4) is 0 Å². The van der Waals surface area contributed by atoms with E-state index in [1.165, 1.54) is 5.57 Å². The average Bonchev–Trinajstić information content (AvgIpc) is 3.31. The van der Waals surface area contributed by atoms with Gasteiger partial charge in [0, 0.05) is 43.5 Å². The Morgan fingerprint density at radius 3 is 2.94 bits per heavy atom. The number of nitrogens with zero attached hydrogens (tertiary/aromatic N) is 3. The summed E-state index contributed by atoms with van der Waals surface area (Å²) < 4.78 is 0.